The number of rotatable bonds is 3. The summed E-state index contributed by atoms with van der Waals surface area (Å²) in [6.45, 7) is 0.238. The zero-order chi connectivity index (χ0) is 11.5. The number of ether oxygens (including phenoxy) is 1. The number of methoxy groups -OCH3 is 1. The molecule has 2 rings (SSSR count). The summed E-state index contributed by atoms with van der Waals surface area (Å²) in [6, 6.07) is 11.6. The summed E-state index contributed by atoms with van der Waals surface area (Å²) in [6.07, 6.45) is -0.591. The maximum Gasteiger partial charge on any atom is 0.119 e. The highest BCUT2D eigenvalue weighted by atomic mass is 16.5. The normalized spacial score (nSPS) is 12.7. The third-order valence-electron chi connectivity index (χ3n) is 2.68. The van der Waals surface area contributed by atoms with Crippen LogP contribution in [0, 0.1) is 0 Å². The third-order valence-corrected chi connectivity index (χ3v) is 2.68. The lowest BCUT2D eigenvalue weighted by molar-refractivity contribution is 0.187. The van der Waals surface area contributed by atoms with Gasteiger partial charge in [0.25, 0.3) is 0 Å². The molecule has 1 atom stereocenters. The number of aliphatic hydroxyl groups excluding tert-OH is 1. The van der Waals surface area contributed by atoms with Gasteiger partial charge in [0.15, 0.2) is 0 Å². The minimum absolute atomic E-state index is 0.238. The van der Waals surface area contributed by atoms with E-state index in [-0.39, 0.29) is 6.54 Å². The van der Waals surface area contributed by atoms with Gasteiger partial charge in [0.05, 0.1) is 13.2 Å². The van der Waals surface area contributed by atoms with Gasteiger partial charge in [-0.1, -0.05) is 18.2 Å². The summed E-state index contributed by atoms with van der Waals surface area (Å²) < 4.78 is 5.15. The van der Waals surface area contributed by atoms with Crippen molar-refractivity contribution in [2.45, 2.75) is 6.10 Å². The van der Waals surface area contributed by atoms with Crippen LogP contribution in [-0.4, -0.2) is 18.8 Å². The molecular weight excluding hydrogens is 202 g/mol. The SMILES string of the molecule is COc1ccc2cc(C(O)CN)ccc2c1. The van der Waals surface area contributed by atoms with Gasteiger partial charge in [-0.3, -0.25) is 0 Å². The van der Waals surface area contributed by atoms with E-state index in [1.54, 1.807) is 7.11 Å². The van der Waals surface area contributed by atoms with E-state index in [2.05, 4.69) is 0 Å². The van der Waals surface area contributed by atoms with Gasteiger partial charge in [-0.15, -0.1) is 0 Å². The summed E-state index contributed by atoms with van der Waals surface area (Å²) in [7, 11) is 1.65. The van der Waals surface area contributed by atoms with E-state index in [4.69, 9.17) is 10.5 Å². The molecule has 2 aromatic rings. The molecule has 0 bridgehead atoms. The molecule has 0 aliphatic heterocycles. The Kier molecular flexibility index (Phi) is 3.08. The number of benzene rings is 2. The fourth-order valence-corrected chi connectivity index (χ4v) is 1.71. The van der Waals surface area contributed by atoms with Crippen molar-refractivity contribution in [2.24, 2.45) is 5.73 Å². The van der Waals surface area contributed by atoms with Crippen LogP contribution in [0.4, 0.5) is 0 Å². The van der Waals surface area contributed by atoms with E-state index in [0.717, 1.165) is 22.1 Å². The predicted molar refractivity (Wildman–Crippen MR) is 64.5 cm³/mol. The van der Waals surface area contributed by atoms with Gasteiger partial charge < -0.3 is 15.6 Å². The minimum Gasteiger partial charge on any atom is -0.497 e. The first-order chi connectivity index (χ1) is 7.74. The average Bonchev–Trinajstić information content (AvgIpc) is 2.36. The first kappa shape index (κ1) is 10.9. The number of hydrogen-bond acceptors (Lipinski definition) is 3. The van der Waals surface area contributed by atoms with Crippen molar-refractivity contribution in [2.75, 3.05) is 13.7 Å². The van der Waals surface area contributed by atoms with Crippen LogP contribution in [-0.2, 0) is 0 Å². The van der Waals surface area contributed by atoms with Crippen molar-refractivity contribution < 1.29 is 9.84 Å². The second kappa shape index (κ2) is 4.51. The van der Waals surface area contributed by atoms with Gasteiger partial charge in [0.1, 0.15) is 5.75 Å². The molecule has 0 saturated heterocycles. The lowest BCUT2D eigenvalue weighted by atomic mass is 10.0. The largest absolute Gasteiger partial charge is 0.497 e. The molecule has 3 N–H and O–H groups in total. The van der Waals surface area contributed by atoms with Crippen LogP contribution < -0.4 is 10.5 Å². The van der Waals surface area contributed by atoms with Crippen molar-refractivity contribution in [1.29, 1.82) is 0 Å². The molecule has 84 valence electrons. The molecule has 0 aliphatic rings. The van der Waals surface area contributed by atoms with E-state index >= 15 is 0 Å². The van der Waals surface area contributed by atoms with Crippen LogP contribution in [0.5, 0.6) is 5.75 Å². The van der Waals surface area contributed by atoms with Crippen molar-refractivity contribution in [1.82, 2.24) is 0 Å². The maximum absolute atomic E-state index is 9.64. The maximum atomic E-state index is 9.64. The first-order valence-electron chi connectivity index (χ1n) is 5.20. The quantitative estimate of drug-likeness (QED) is 0.824. The molecule has 1 unspecified atom stereocenters. The fourth-order valence-electron chi connectivity index (χ4n) is 1.71. The molecular formula is C13H15NO2. The Hall–Kier alpha value is -1.58. The van der Waals surface area contributed by atoms with E-state index in [1.165, 1.54) is 0 Å². The molecule has 0 fully saturated rings. The van der Waals surface area contributed by atoms with Crippen LogP contribution in [0.3, 0.4) is 0 Å². The van der Waals surface area contributed by atoms with Crippen LogP contribution in [0.2, 0.25) is 0 Å². The summed E-state index contributed by atoms with van der Waals surface area (Å²) in [5.74, 6) is 0.833. The molecule has 0 radical (unpaired) electrons. The smallest absolute Gasteiger partial charge is 0.119 e. The Morgan fingerprint density at radius 3 is 2.56 bits per heavy atom. The van der Waals surface area contributed by atoms with E-state index < -0.39 is 6.10 Å². The Morgan fingerprint density at radius 1 is 1.19 bits per heavy atom. The topological polar surface area (TPSA) is 55.5 Å². The highest BCUT2D eigenvalue weighted by molar-refractivity contribution is 5.84. The zero-order valence-corrected chi connectivity index (χ0v) is 9.18. The van der Waals surface area contributed by atoms with E-state index in [0.29, 0.717) is 0 Å². The lowest BCUT2D eigenvalue weighted by Crippen LogP contribution is -2.11. The monoisotopic (exact) mass is 217 g/mol. The van der Waals surface area contributed by atoms with Crippen LogP contribution in [0.15, 0.2) is 36.4 Å². The summed E-state index contributed by atoms with van der Waals surface area (Å²) in [5, 5.41) is 11.8. The fraction of sp³-hybridized carbons (Fsp3) is 0.231. The van der Waals surface area contributed by atoms with Gasteiger partial charge in [0.2, 0.25) is 0 Å². The molecule has 2 aromatic carbocycles. The molecule has 3 heteroatoms. The van der Waals surface area contributed by atoms with Crippen LogP contribution in [0.1, 0.15) is 11.7 Å². The Bertz CT molecular complexity index is 496. The molecule has 0 aromatic heterocycles. The Morgan fingerprint density at radius 2 is 1.88 bits per heavy atom. The first-order valence-corrected chi connectivity index (χ1v) is 5.20. The minimum atomic E-state index is -0.591. The molecule has 0 saturated carbocycles. The molecule has 3 nitrogen and oxygen atoms in total. The highest BCUT2D eigenvalue weighted by Crippen LogP contribution is 2.23. The van der Waals surface area contributed by atoms with Gasteiger partial charge in [-0.05, 0) is 34.5 Å². The summed E-state index contributed by atoms with van der Waals surface area (Å²) in [4.78, 5) is 0. The van der Waals surface area contributed by atoms with Gasteiger partial charge in [-0.25, -0.2) is 0 Å². The van der Waals surface area contributed by atoms with Gasteiger partial charge >= 0.3 is 0 Å². The zero-order valence-electron chi connectivity index (χ0n) is 9.18. The number of nitrogens with two attached hydrogens (primary N) is 1. The summed E-state index contributed by atoms with van der Waals surface area (Å²) in [5.41, 5.74) is 6.27. The Balaban J connectivity index is 2.47. The number of aliphatic hydroxyl groups is 1. The second-order valence-corrected chi connectivity index (χ2v) is 3.72. The second-order valence-electron chi connectivity index (χ2n) is 3.72. The predicted octanol–water partition coefficient (Wildman–Crippen LogP) is 1.84. The van der Waals surface area contributed by atoms with Crippen molar-refractivity contribution in [3.05, 3.63) is 42.0 Å². The molecule has 0 spiro atoms. The van der Waals surface area contributed by atoms with E-state index in [9.17, 15) is 5.11 Å². The Labute approximate surface area is 94.5 Å². The average molecular weight is 217 g/mol. The molecule has 0 amide bonds. The molecule has 0 heterocycles. The van der Waals surface area contributed by atoms with Crippen molar-refractivity contribution >= 4 is 10.8 Å². The molecule has 16 heavy (non-hydrogen) atoms. The molecule has 0 aliphatic carbocycles. The number of fused-ring (bicyclic) bond motifs is 1. The number of hydrogen-bond donors (Lipinski definition) is 2. The van der Waals surface area contributed by atoms with Gasteiger partial charge in [0, 0.05) is 6.54 Å². The standard InChI is InChI=1S/C13H15NO2/c1-16-12-5-4-9-6-11(13(15)8-14)3-2-10(9)7-12/h2-7,13,15H,8,14H2,1H3. The van der Waals surface area contributed by atoms with Crippen molar-refractivity contribution in [3.8, 4) is 5.75 Å². The van der Waals surface area contributed by atoms with Crippen LogP contribution >= 0.6 is 0 Å². The van der Waals surface area contributed by atoms with Crippen LogP contribution in [0.25, 0.3) is 10.8 Å². The lowest BCUT2D eigenvalue weighted by Gasteiger charge is -2.09. The highest BCUT2D eigenvalue weighted by Gasteiger charge is 2.05. The van der Waals surface area contributed by atoms with Crippen molar-refractivity contribution in [3.63, 3.8) is 0 Å². The summed E-state index contributed by atoms with van der Waals surface area (Å²) >= 11 is 0. The van der Waals surface area contributed by atoms with E-state index in [1.807, 2.05) is 36.4 Å². The third kappa shape index (κ3) is 2.01. The van der Waals surface area contributed by atoms with Gasteiger partial charge in [-0.2, -0.15) is 0 Å².